The lowest BCUT2D eigenvalue weighted by Crippen LogP contribution is -2.39. The highest BCUT2D eigenvalue weighted by molar-refractivity contribution is 6.21. The van der Waals surface area contributed by atoms with Gasteiger partial charge in [0.25, 0.3) is 11.8 Å². The second-order valence-electron chi connectivity index (χ2n) is 6.18. The Bertz CT molecular complexity index is 1100. The van der Waals surface area contributed by atoms with Crippen molar-refractivity contribution in [3.8, 4) is 6.07 Å². The number of nitriles is 1. The second-order valence-corrected chi connectivity index (χ2v) is 6.18. The van der Waals surface area contributed by atoms with Crippen molar-refractivity contribution < 1.29 is 14.7 Å². The minimum Gasteiger partial charge on any atom is -0.509 e. The maximum Gasteiger partial charge on any atom is 0.262 e. The molecule has 3 aromatic rings. The molecular formula is C20H14N4O3. The van der Waals surface area contributed by atoms with E-state index in [9.17, 15) is 20.0 Å². The summed E-state index contributed by atoms with van der Waals surface area (Å²) in [5.41, 5.74) is 1.80. The molecule has 7 nitrogen and oxygen atoms in total. The number of hydrogen-bond acceptors (Lipinski definition) is 5. The summed E-state index contributed by atoms with van der Waals surface area (Å²) in [6, 6.07) is 14.6. The summed E-state index contributed by atoms with van der Waals surface area (Å²) < 4.78 is 0. The van der Waals surface area contributed by atoms with Gasteiger partial charge in [-0.05, 0) is 31.2 Å². The standard InChI is InChI=1S/C20H14N4O3/c1-11(24-19(26)12-6-2-3-7-13(12)20(24)27)17(25)14(10-21)18-22-15-8-4-5-9-16(15)23-18/h2-9,11,25H,1H3,(H,22,23)/b17-14-/t11-/m0/s1. The Labute approximate surface area is 154 Å². The minimum absolute atomic E-state index is 0.116. The van der Waals surface area contributed by atoms with Gasteiger partial charge < -0.3 is 10.1 Å². The highest BCUT2D eigenvalue weighted by Crippen LogP contribution is 2.28. The van der Waals surface area contributed by atoms with Crippen LogP contribution < -0.4 is 0 Å². The van der Waals surface area contributed by atoms with Crippen LogP contribution >= 0.6 is 0 Å². The van der Waals surface area contributed by atoms with Crippen LogP contribution in [0.5, 0.6) is 0 Å². The first kappa shape index (κ1) is 16.5. The minimum atomic E-state index is -1.01. The first-order valence-corrected chi connectivity index (χ1v) is 8.28. The van der Waals surface area contributed by atoms with Gasteiger partial charge in [-0.1, -0.05) is 24.3 Å². The number of carbonyl (C=O) groups is 2. The van der Waals surface area contributed by atoms with E-state index in [0.717, 1.165) is 4.90 Å². The first-order chi connectivity index (χ1) is 13.0. The number of nitrogens with zero attached hydrogens (tertiary/aromatic N) is 3. The van der Waals surface area contributed by atoms with Crippen LogP contribution in [-0.2, 0) is 0 Å². The molecule has 2 N–H and O–H groups in total. The van der Waals surface area contributed by atoms with Crippen LogP contribution in [0.4, 0.5) is 0 Å². The quantitative estimate of drug-likeness (QED) is 0.425. The molecule has 1 aliphatic heterocycles. The molecule has 7 heteroatoms. The fraction of sp³-hybridized carbons (Fsp3) is 0.100. The molecule has 2 amide bonds. The van der Waals surface area contributed by atoms with E-state index in [-0.39, 0.29) is 22.5 Å². The van der Waals surface area contributed by atoms with Gasteiger partial charge in [0.2, 0.25) is 0 Å². The monoisotopic (exact) mass is 358 g/mol. The number of benzene rings is 2. The number of aromatic amines is 1. The van der Waals surface area contributed by atoms with Crippen LogP contribution in [0, 0.1) is 11.3 Å². The van der Waals surface area contributed by atoms with Crippen molar-refractivity contribution in [2.24, 2.45) is 0 Å². The summed E-state index contributed by atoms with van der Waals surface area (Å²) in [5.74, 6) is -1.22. The molecule has 27 heavy (non-hydrogen) atoms. The third-order valence-electron chi connectivity index (χ3n) is 4.60. The highest BCUT2D eigenvalue weighted by Gasteiger charge is 2.40. The van der Waals surface area contributed by atoms with Crippen molar-refractivity contribution in [2.45, 2.75) is 13.0 Å². The molecule has 0 aliphatic carbocycles. The molecule has 0 saturated heterocycles. The molecule has 0 radical (unpaired) electrons. The summed E-state index contributed by atoms with van der Waals surface area (Å²) in [5, 5.41) is 20.2. The first-order valence-electron chi connectivity index (χ1n) is 8.28. The van der Waals surface area contributed by atoms with Crippen LogP contribution in [0.3, 0.4) is 0 Å². The fourth-order valence-electron chi connectivity index (χ4n) is 3.19. The van der Waals surface area contributed by atoms with E-state index in [1.165, 1.54) is 6.92 Å². The number of nitrogens with one attached hydrogen (secondary N) is 1. The number of aromatic nitrogens is 2. The predicted molar refractivity (Wildman–Crippen MR) is 97.7 cm³/mol. The van der Waals surface area contributed by atoms with E-state index in [4.69, 9.17) is 0 Å². The van der Waals surface area contributed by atoms with Crippen LogP contribution in [0.1, 0.15) is 33.5 Å². The van der Waals surface area contributed by atoms with E-state index < -0.39 is 23.6 Å². The van der Waals surface area contributed by atoms with Gasteiger partial charge in [-0.25, -0.2) is 4.98 Å². The smallest absolute Gasteiger partial charge is 0.262 e. The van der Waals surface area contributed by atoms with E-state index in [2.05, 4.69) is 9.97 Å². The Kier molecular flexibility index (Phi) is 3.74. The van der Waals surface area contributed by atoms with Gasteiger partial charge in [0, 0.05) is 0 Å². The molecule has 2 heterocycles. The zero-order chi connectivity index (χ0) is 19.1. The summed E-state index contributed by atoms with van der Waals surface area (Å²) in [6.45, 7) is 1.50. The lowest BCUT2D eigenvalue weighted by atomic mass is 10.1. The van der Waals surface area contributed by atoms with E-state index >= 15 is 0 Å². The lowest BCUT2D eigenvalue weighted by Gasteiger charge is -2.22. The lowest BCUT2D eigenvalue weighted by molar-refractivity contribution is 0.0590. The van der Waals surface area contributed by atoms with Crippen LogP contribution in [-0.4, -0.2) is 37.8 Å². The number of imide groups is 1. The van der Waals surface area contributed by atoms with Crippen molar-refractivity contribution in [3.05, 3.63) is 71.2 Å². The highest BCUT2D eigenvalue weighted by atomic mass is 16.3. The summed E-state index contributed by atoms with van der Waals surface area (Å²) in [6.07, 6.45) is 0. The van der Waals surface area contributed by atoms with Gasteiger partial charge in [-0.15, -0.1) is 0 Å². The number of amides is 2. The number of hydrogen-bond donors (Lipinski definition) is 2. The number of aliphatic hydroxyl groups excluding tert-OH is 1. The van der Waals surface area contributed by atoms with Gasteiger partial charge in [-0.2, -0.15) is 5.26 Å². The van der Waals surface area contributed by atoms with Crippen molar-refractivity contribution >= 4 is 28.4 Å². The topological polar surface area (TPSA) is 110 Å². The molecule has 0 unspecified atom stereocenters. The molecule has 0 saturated carbocycles. The van der Waals surface area contributed by atoms with E-state index in [1.54, 1.807) is 36.4 Å². The average Bonchev–Trinajstić information content (AvgIpc) is 3.21. The average molecular weight is 358 g/mol. The van der Waals surface area contributed by atoms with Gasteiger partial charge >= 0.3 is 0 Å². The molecule has 4 rings (SSSR count). The summed E-state index contributed by atoms with van der Waals surface area (Å²) >= 11 is 0. The molecule has 132 valence electrons. The molecular weight excluding hydrogens is 344 g/mol. The Morgan fingerprint density at radius 1 is 1.11 bits per heavy atom. The molecule has 0 spiro atoms. The third kappa shape index (κ3) is 2.47. The van der Waals surface area contributed by atoms with Gasteiger partial charge in [0.15, 0.2) is 5.82 Å². The molecule has 0 fully saturated rings. The maximum absolute atomic E-state index is 12.6. The van der Waals surface area contributed by atoms with Crippen LogP contribution in [0.25, 0.3) is 16.6 Å². The van der Waals surface area contributed by atoms with Crippen molar-refractivity contribution in [3.63, 3.8) is 0 Å². The molecule has 1 aliphatic rings. The number of carbonyl (C=O) groups excluding carboxylic acids is 2. The zero-order valence-corrected chi connectivity index (χ0v) is 14.3. The Morgan fingerprint density at radius 3 is 2.30 bits per heavy atom. The molecule has 1 aromatic heterocycles. The van der Waals surface area contributed by atoms with Crippen molar-refractivity contribution in [1.29, 1.82) is 5.26 Å². The zero-order valence-electron chi connectivity index (χ0n) is 14.3. The van der Waals surface area contributed by atoms with Gasteiger partial charge in [0.1, 0.15) is 17.4 Å². The Morgan fingerprint density at radius 2 is 1.70 bits per heavy atom. The van der Waals surface area contributed by atoms with Crippen molar-refractivity contribution in [1.82, 2.24) is 14.9 Å². The SMILES string of the molecule is C[C@@H](/C(O)=C(\C#N)c1nc2ccccc2[nH]1)N1C(=O)c2ccccc2C1=O. The van der Waals surface area contributed by atoms with Gasteiger partial charge in [-0.3, -0.25) is 14.5 Å². The number of aliphatic hydroxyl groups is 1. The number of fused-ring (bicyclic) bond motifs is 2. The Hall–Kier alpha value is -3.92. The molecule has 0 bridgehead atoms. The summed E-state index contributed by atoms with van der Waals surface area (Å²) in [7, 11) is 0. The fourth-order valence-corrected chi connectivity index (χ4v) is 3.19. The van der Waals surface area contributed by atoms with E-state index in [0.29, 0.717) is 11.0 Å². The second kappa shape index (κ2) is 6.11. The number of allylic oxidation sites excluding steroid dienone is 1. The number of rotatable bonds is 3. The maximum atomic E-state index is 12.6. The van der Waals surface area contributed by atoms with Crippen LogP contribution in [0.2, 0.25) is 0 Å². The number of imidazole rings is 1. The normalized spacial score (nSPS) is 15.5. The molecule has 1 atom stereocenters. The van der Waals surface area contributed by atoms with Crippen LogP contribution in [0.15, 0.2) is 54.3 Å². The third-order valence-corrected chi connectivity index (χ3v) is 4.60. The summed E-state index contributed by atoms with van der Waals surface area (Å²) in [4.78, 5) is 33.5. The number of H-pyrrole nitrogens is 1. The van der Waals surface area contributed by atoms with Gasteiger partial charge in [0.05, 0.1) is 28.2 Å². The van der Waals surface area contributed by atoms with E-state index in [1.807, 2.05) is 18.2 Å². The Balaban J connectivity index is 1.76. The predicted octanol–water partition coefficient (Wildman–Crippen LogP) is 3.04. The van der Waals surface area contributed by atoms with Crippen molar-refractivity contribution in [2.75, 3.05) is 0 Å². The number of para-hydroxylation sites is 2. The molecule has 2 aromatic carbocycles. The largest absolute Gasteiger partial charge is 0.509 e.